The van der Waals surface area contributed by atoms with Crippen molar-refractivity contribution >= 4 is 23.7 Å². The van der Waals surface area contributed by atoms with E-state index in [4.69, 9.17) is 9.47 Å². The van der Waals surface area contributed by atoms with Gasteiger partial charge in [0, 0.05) is 12.1 Å². The monoisotopic (exact) mass is 362 g/mol. The van der Waals surface area contributed by atoms with Crippen LogP contribution in [0, 0.1) is 0 Å². The third kappa shape index (κ3) is 4.33. The van der Waals surface area contributed by atoms with Gasteiger partial charge in [0.2, 0.25) is 0 Å². The summed E-state index contributed by atoms with van der Waals surface area (Å²) in [5.41, 5.74) is 0.890. The molecule has 26 heavy (non-hydrogen) atoms. The molecule has 1 N–H and O–H groups in total. The lowest BCUT2D eigenvalue weighted by Gasteiger charge is -2.29. The fourth-order valence-corrected chi connectivity index (χ4v) is 2.94. The minimum absolute atomic E-state index is 0.362. The summed E-state index contributed by atoms with van der Waals surface area (Å²) in [7, 11) is 1.30. The quantitative estimate of drug-likeness (QED) is 0.832. The predicted octanol–water partition coefficient (Wildman–Crippen LogP) is 2.42. The zero-order chi connectivity index (χ0) is 19.5. The molecule has 0 fully saturated rings. The molecule has 0 saturated heterocycles. The first kappa shape index (κ1) is 19.8. The minimum atomic E-state index is -0.803. The van der Waals surface area contributed by atoms with Crippen LogP contribution in [0.3, 0.4) is 0 Å². The third-order valence-electron chi connectivity index (χ3n) is 4.08. The minimum Gasteiger partial charge on any atom is -0.467 e. The number of amides is 2. The van der Waals surface area contributed by atoms with Gasteiger partial charge in [-0.1, -0.05) is 25.1 Å². The van der Waals surface area contributed by atoms with Crippen LogP contribution in [0.5, 0.6) is 0 Å². The van der Waals surface area contributed by atoms with E-state index in [1.165, 1.54) is 12.0 Å². The number of carbonyl (C=O) groups excluding carboxylic acids is 3. The number of carbonyl (C=O) groups is 3. The Labute approximate surface area is 153 Å². The molecule has 0 saturated carbocycles. The normalized spacial score (nSPS) is 17.3. The van der Waals surface area contributed by atoms with Crippen molar-refractivity contribution in [1.29, 1.82) is 0 Å². The summed E-state index contributed by atoms with van der Waals surface area (Å²) in [5.74, 6) is -0.847. The van der Waals surface area contributed by atoms with E-state index >= 15 is 0 Å². The SMILES string of the molecule is CC[C@H](NC(=O)OC(C)(C)C)C(=O)N1c2ccccc2C[C@H]1C(=O)OC. The van der Waals surface area contributed by atoms with Crippen LogP contribution in [0.15, 0.2) is 24.3 Å². The number of nitrogens with one attached hydrogen (secondary N) is 1. The second-order valence-corrected chi connectivity index (χ2v) is 7.19. The van der Waals surface area contributed by atoms with E-state index in [1.54, 1.807) is 39.8 Å². The molecular formula is C19H26N2O5. The summed E-state index contributed by atoms with van der Waals surface area (Å²) in [6, 6.07) is 5.79. The van der Waals surface area contributed by atoms with Crippen molar-refractivity contribution in [2.45, 2.75) is 58.2 Å². The molecule has 0 bridgehead atoms. The first-order valence-electron chi connectivity index (χ1n) is 8.66. The second kappa shape index (κ2) is 7.76. The Morgan fingerprint density at radius 1 is 1.27 bits per heavy atom. The molecule has 0 aliphatic carbocycles. The van der Waals surface area contributed by atoms with Gasteiger partial charge in [-0.25, -0.2) is 9.59 Å². The second-order valence-electron chi connectivity index (χ2n) is 7.19. The molecule has 7 nitrogen and oxygen atoms in total. The first-order valence-corrected chi connectivity index (χ1v) is 8.66. The number of nitrogens with zero attached hydrogens (tertiary/aromatic N) is 1. The molecule has 142 valence electrons. The van der Waals surface area contributed by atoms with Gasteiger partial charge in [-0.2, -0.15) is 0 Å². The molecular weight excluding hydrogens is 336 g/mol. The highest BCUT2D eigenvalue weighted by Crippen LogP contribution is 2.33. The lowest BCUT2D eigenvalue weighted by atomic mass is 10.1. The van der Waals surface area contributed by atoms with E-state index in [-0.39, 0.29) is 5.91 Å². The predicted molar refractivity (Wildman–Crippen MR) is 96.9 cm³/mol. The summed E-state index contributed by atoms with van der Waals surface area (Å²) >= 11 is 0. The molecule has 7 heteroatoms. The van der Waals surface area contributed by atoms with Gasteiger partial charge in [-0.3, -0.25) is 9.69 Å². The Hall–Kier alpha value is -2.57. The van der Waals surface area contributed by atoms with E-state index in [0.717, 1.165) is 5.56 Å². The van der Waals surface area contributed by atoms with Crippen LogP contribution in [0.25, 0.3) is 0 Å². The van der Waals surface area contributed by atoms with E-state index in [0.29, 0.717) is 18.5 Å². The summed E-state index contributed by atoms with van der Waals surface area (Å²) in [6.45, 7) is 7.03. The van der Waals surface area contributed by atoms with Crippen LogP contribution in [0.4, 0.5) is 10.5 Å². The Morgan fingerprint density at radius 2 is 1.92 bits per heavy atom. The molecule has 1 aromatic carbocycles. The number of anilines is 1. The fourth-order valence-electron chi connectivity index (χ4n) is 2.94. The highest BCUT2D eigenvalue weighted by Gasteiger charge is 2.41. The zero-order valence-electron chi connectivity index (χ0n) is 15.9. The highest BCUT2D eigenvalue weighted by molar-refractivity contribution is 6.05. The van der Waals surface area contributed by atoms with Gasteiger partial charge in [0.05, 0.1) is 7.11 Å². The van der Waals surface area contributed by atoms with Gasteiger partial charge in [0.1, 0.15) is 17.7 Å². The molecule has 1 aliphatic rings. The van der Waals surface area contributed by atoms with Gasteiger partial charge >= 0.3 is 12.1 Å². The Morgan fingerprint density at radius 3 is 2.50 bits per heavy atom. The number of hydrogen-bond donors (Lipinski definition) is 1. The maximum absolute atomic E-state index is 13.1. The van der Waals surface area contributed by atoms with Crippen LogP contribution in [0.2, 0.25) is 0 Å². The Bertz CT molecular complexity index is 695. The standard InChI is InChI=1S/C19H26N2O5/c1-6-13(20-18(24)26-19(2,3)4)16(22)21-14-10-8-7-9-12(14)11-15(21)17(23)25-5/h7-10,13,15H,6,11H2,1-5H3,(H,20,24)/t13-,15-/m0/s1. The van der Waals surface area contributed by atoms with E-state index < -0.39 is 29.7 Å². The summed E-state index contributed by atoms with van der Waals surface area (Å²) < 4.78 is 10.1. The largest absolute Gasteiger partial charge is 0.467 e. The molecule has 0 spiro atoms. The average molecular weight is 362 g/mol. The smallest absolute Gasteiger partial charge is 0.408 e. The number of esters is 1. The summed E-state index contributed by atoms with van der Waals surface area (Å²) in [4.78, 5) is 38.8. The van der Waals surface area contributed by atoms with Gasteiger partial charge in [-0.15, -0.1) is 0 Å². The van der Waals surface area contributed by atoms with Crippen molar-refractivity contribution in [3.63, 3.8) is 0 Å². The van der Waals surface area contributed by atoms with Gasteiger partial charge in [0.25, 0.3) is 5.91 Å². The van der Waals surface area contributed by atoms with Crippen molar-refractivity contribution in [3.8, 4) is 0 Å². The lowest BCUT2D eigenvalue weighted by Crippen LogP contribution is -2.53. The van der Waals surface area contributed by atoms with Crippen molar-refractivity contribution in [1.82, 2.24) is 5.32 Å². The molecule has 2 atom stereocenters. The van der Waals surface area contributed by atoms with Crippen molar-refractivity contribution in [2.75, 3.05) is 12.0 Å². The molecule has 1 heterocycles. The number of para-hydroxylation sites is 1. The first-order chi connectivity index (χ1) is 12.2. The molecule has 0 unspecified atom stereocenters. The summed E-state index contributed by atoms with van der Waals surface area (Å²) in [6.07, 6.45) is 0.0852. The van der Waals surface area contributed by atoms with E-state index in [9.17, 15) is 14.4 Å². The van der Waals surface area contributed by atoms with Crippen LogP contribution in [-0.4, -0.2) is 42.8 Å². The zero-order valence-corrected chi connectivity index (χ0v) is 15.9. The highest BCUT2D eigenvalue weighted by atomic mass is 16.6. The van der Waals surface area contributed by atoms with Gasteiger partial charge < -0.3 is 14.8 Å². The number of ether oxygens (including phenoxy) is 2. The third-order valence-corrected chi connectivity index (χ3v) is 4.08. The maximum atomic E-state index is 13.1. The molecule has 1 aliphatic heterocycles. The van der Waals surface area contributed by atoms with E-state index in [2.05, 4.69) is 5.32 Å². The number of benzene rings is 1. The molecule has 1 aromatic rings. The van der Waals surface area contributed by atoms with Crippen LogP contribution in [-0.2, 0) is 25.5 Å². The number of methoxy groups -OCH3 is 1. The Kier molecular flexibility index (Phi) is 5.90. The molecule has 0 aromatic heterocycles. The number of hydrogen-bond acceptors (Lipinski definition) is 5. The number of alkyl carbamates (subject to hydrolysis) is 1. The van der Waals surface area contributed by atoms with Crippen LogP contribution < -0.4 is 10.2 Å². The van der Waals surface area contributed by atoms with Gasteiger partial charge in [-0.05, 0) is 38.8 Å². The van der Waals surface area contributed by atoms with Crippen LogP contribution >= 0.6 is 0 Å². The van der Waals surface area contributed by atoms with Gasteiger partial charge in [0.15, 0.2) is 0 Å². The van der Waals surface area contributed by atoms with Crippen molar-refractivity contribution in [3.05, 3.63) is 29.8 Å². The van der Waals surface area contributed by atoms with Crippen molar-refractivity contribution in [2.24, 2.45) is 0 Å². The number of rotatable bonds is 4. The van der Waals surface area contributed by atoms with Crippen LogP contribution in [0.1, 0.15) is 39.7 Å². The molecule has 2 rings (SSSR count). The number of fused-ring (bicyclic) bond motifs is 1. The Balaban J connectivity index is 2.25. The average Bonchev–Trinajstić information content (AvgIpc) is 2.96. The topological polar surface area (TPSA) is 84.9 Å². The molecule has 0 radical (unpaired) electrons. The van der Waals surface area contributed by atoms with E-state index in [1.807, 2.05) is 12.1 Å². The van der Waals surface area contributed by atoms with Crippen molar-refractivity contribution < 1.29 is 23.9 Å². The lowest BCUT2D eigenvalue weighted by molar-refractivity contribution is -0.143. The molecule has 2 amide bonds. The maximum Gasteiger partial charge on any atom is 0.408 e. The fraction of sp³-hybridized carbons (Fsp3) is 0.526. The summed E-state index contributed by atoms with van der Waals surface area (Å²) in [5, 5.41) is 2.60.